The number of rotatable bonds is 6. The quantitative estimate of drug-likeness (QED) is 0.747. The van der Waals surface area contributed by atoms with Crippen LogP contribution in [0.4, 0.5) is 0 Å². The van der Waals surface area contributed by atoms with Crippen molar-refractivity contribution in [2.24, 2.45) is 0 Å². The molecule has 6 heteroatoms. The predicted molar refractivity (Wildman–Crippen MR) is 122 cm³/mol. The first-order chi connectivity index (χ1) is 15.1. The van der Waals surface area contributed by atoms with E-state index in [1.54, 1.807) is 0 Å². The van der Waals surface area contributed by atoms with Gasteiger partial charge in [-0.25, -0.2) is 9.50 Å². The highest BCUT2D eigenvalue weighted by atomic mass is 16.1. The molecule has 5 rings (SSSR count). The van der Waals surface area contributed by atoms with Gasteiger partial charge < -0.3 is 5.32 Å². The number of hydrogen-bond donors (Lipinski definition) is 1. The Labute approximate surface area is 185 Å². The molecule has 0 aromatic carbocycles. The SMILES string of the molecule is Cc1nc2cc([C@H]3CCCN3C3CCCC3)nn2c(C)c1CCC(=O)NC1CCCC1. The van der Waals surface area contributed by atoms with Crippen LogP contribution in [-0.2, 0) is 11.2 Å². The van der Waals surface area contributed by atoms with Crippen LogP contribution in [0.3, 0.4) is 0 Å². The summed E-state index contributed by atoms with van der Waals surface area (Å²) >= 11 is 0. The van der Waals surface area contributed by atoms with Crippen molar-refractivity contribution >= 4 is 11.6 Å². The lowest BCUT2D eigenvalue weighted by atomic mass is 10.1. The molecule has 1 amide bonds. The second-order valence-corrected chi connectivity index (χ2v) is 9.98. The van der Waals surface area contributed by atoms with Gasteiger partial charge in [-0.15, -0.1) is 0 Å². The van der Waals surface area contributed by atoms with E-state index < -0.39 is 0 Å². The molecule has 2 saturated carbocycles. The highest BCUT2D eigenvalue weighted by Gasteiger charge is 2.34. The maximum absolute atomic E-state index is 12.4. The third kappa shape index (κ3) is 4.23. The molecule has 1 atom stereocenters. The number of fused-ring (bicyclic) bond motifs is 1. The van der Waals surface area contributed by atoms with Gasteiger partial charge in [0.25, 0.3) is 0 Å². The number of aryl methyl sites for hydroxylation is 2. The number of amides is 1. The van der Waals surface area contributed by atoms with Gasteiger partial charge >= 0.3 is 0 Å². The fraction of sp³-hybridized carbons (Fsp3) is 0.720. The topological polar surface area (TPSA) is 62.5 Å². The summed E-state index contributed by atoms with van der Waals surface area (Å²) in [5, 5.41) is 8.25. The summed E-state index contributed by atoms with van der Waals surface area (Å²) < 4.78 is 2.03. The lowest BCUT2D eigenvalue weighted by molar-refractivity contribution is -0.121. The van der Waals surface area contributed by atoms with Gasteiger partial charge in [-0.3, -0.25) is 9.69 Å². The van der Waals surface area contributed by atoms with Crippen molar-refractivity contribution in [2.75, 3.05) is 6.54 Å². The van der Waals surface area contributed by atoms with E-state index in [2.05, 4.69) is 30.1 Å². The zero-order valence-corrected chi connectivity index (χ0v) is 19.2. The standard InChI is InChI=1S/C25H37N5O/c1-17-21(13-14-25(31)27-19-8-3-4-9-19)18(2)30-24(26-17)16-22(28-30)23-12-7-15-29(23)20-10-5-6-11-20/h16,19-20,23H,3-15H2,1-2H3,(H,27,31)/t23-/m1/s1. The zero-order valence-electron chi connectivity index (χ0n) is 19.2. The van der Waals surface area contributed by atoms with Crippen LogP contribution in [0.25, 0.3) is 5.65 Å². The van der Waals surface area contributed by atoms with Crippen molar-refractivity contribution in [3.63, 3.8) is 0 Å². The minimum atomic E-state index is 0.171. The predicted octanol–water partition coefficient (Wildman–Crippen LogP) is 4.42. The van der Waals surface area contributed by atoms with Gasteiger partial charge in [-0.2, -0.15) is 5.10 Å². The third-order valence-electron chi connectivity index (χ3n) is 7.93. The molecule has 3 fully saturated rings. The first-order valence-corrected chi connectivity index (χ1v) is 12.5. The average molecular weight is 424 g/mol. The highest BCUT2D eigenvalue weighted by Crippen LogP contribution is 2.38. The summed E-state index contributed by atoms with van der Waals surface area (Å²) in [5.41, 5.74) is 5.46. The minimum Gasteiger partial charge on any atom is -0.353 e. The Kier molecular flexibility index (Phi) is 6.00. The normalized spacial score (nSPS) is 23.4. The molecule has 1 aliphatic heterocycles. The zero-order chi connectivity index (χ0) is 21.4. The second-order valence-electron chi connectivity index (χ2n) is 9.98. The minimum absolute atomic E-state index is 0.171. The molecule has 3 aliphatic rings. The second kappa shape index (κ2) is 8.89. The fourth-order valence-corrected chi connectivity index (χ4v) is 6.26. The molecule has 0 bridgehead atoms. The van der Waals surface area contributed by atoms with Crippen LogP contribution >= 0.6 is 0 Å². The average Bonchev–Trinajstić information content (AvgIpc) is 3.53. The summed E-state index contributed by atoms with van der Waals surface area (Å²) in [5.74, 6) is 0.171. The number of likely N-dealkylation sites (tertiary alicyclic amines) is 1. The number of hydrogen-bond acceptors (Lipinski definition) is 4. The van der Waals surface area contributed by atoms with Crippen LogP contribution in [0.15, 0.2) is 6.07 Å². The van der Waals surface area contributed by atoms with E-state index in [-0.39, 0.29) is 5.91 Å². The maximum Gasteiger partial charge on any atom is 0.220 e. The Balaban J connectivity index is 1.33. The first-order valence-electron chi connectivity index (χ1n) is 12.5. The molecule has 2 aromatic heterocycles. The monoisotopic (exact) mass is 423 g/mol. The van der Waals surface area contributed by atoms with Gasteiger partial charge in [0.15, 0.2) is 5.65 Å². The Morgan fingerprint density at radius 2 is 1.81 bits per heavy atom. The van der Waals surface area contributed by atoms with Crippen molar-refractivity contribution in [1.82, 2.24) is 24.8 Å². The van der Waals surface area contributed by atoms with Crippen LogP contribution in [0, 0.1) is 13.8 Å². The molecule has 2 aromatic rings. The maximum atomic E-state index is 12.4. The number of nitrogens with zero attached hydrogens (tertiary/aromatic N) is 4. The molecule has 1 N–H and O–H groups in total. The van der Waals surface area contributed by atoms with Gasteiger partial charge in [0.05, 0.1) is 11.7 Å². The summed E-state index contributed by atoms with van der Waals surface area (Å²) in [6.45, 7) is 5.41. The van der Waals surface area contributed by atoms with E-state index in [0.717, 1.165) is 42.3 Å². The van der Waals surface area contributed by atoms with Crippen molar-refractivity contribution < 1.29 is 4.79 Å². The molecule has 0 radical (unpaired) electrons. The van der Waals surface area contributed by atoms with E-state index in [0.29, 0.717) is 18.5 Å². The molecular weight excluding hydrogens is 386 g/mol. The smallest absolute Gasteiger partial charge is 0.220 e. The fourth-order valence-electron chi connectivity index (χ4n) is 6.26. The van der Waals surface area contributed by atoms with Crippen LogP contribution in [0.5, 0.6) is 0 Å². The van der Waals surface area contributed by atoms with Crippen LogP contribution < -0.4 is 5.32 Å². The lowest BCUT2D eigenvalue weighted by Crippen LogP contribution is -2.33. The van der Waals surface area contributed by atoms with Crippen molar-refractivity contribution in [2.45, 2.75) is 109 Å². The van der Waals surface area contributed by atoms with Crippen LogP contribution in [0.1, 0.15) is 99.3 Å². The summed E-state index contributed by atoms with van der Waals surface area (Å²) in [6.07, 6.45) is 13.9. The van der Waals surface area contributed by atoms with Gasteiger partial charge in [-0.1, -0.05) is 25.7 Å². The summed E-state index contributed by atoms with van der Waals surface area (Å²) in [4.78, 5) is 20.0. The Bertz CT molecular complexity index is 939. The van der Waals surface area contributed by atoms with Gasteiger partial charge in [0.2, 0.25) is 5.91 Å². The van der Waals surface area contributed by atoms with Crippen molar-refractivity contribution in [1.29, 1.82) is 0 Å². The molecule has 2 aliphatic carbocycles. The van der Waals surface area contributed by atoms with E-state index in [4.69, 9.17) is 10.1 Å². The number of carbonyl (C=O) groups is 1. The third-order valence-corrected chi connectivity index (χ3v) is 7.93. The van der Waals surface area contributed by atoms with Gasteiger partial charge in [-0.05, 0) is 70.9 Å². The molecule has 0 spiro atoms. The molecule has 168 valence electrons. The molecule has 0 unspecified atom stereocenters. The van der Waals surface area contributed by atoms with Gasteiger partial charge in [0.1, 0.15) is 0 Å². The van der Waals surface area contributed by atoms with Crippen LogP contribution in [-0.4, -0.2) is 44.0 Å². The Morgan fingerprint density at radius 3 is 2.58 bits per heavy atom. The molecule has 1 saturated heterocycles. The highest BCUT2D eigenvalue weighted by molar-refractivity contribution is 5.76. The van der Waals surface area contributed by atoms with E-state index in [1.165, 1.54) is 69.2 Å². The molecule has 3 heterocycles. The van der Waals surface area contributed by atoms with Crippen molar-refractivity contribution in [3.8, 4) is 0 Å². The lowest BCUT2D eigenvalue weighted by Gasteiger charge is -2.29. The van der Waals surface area contributed by atoms with Gasteiger partial charge in [0, 0.05) is 36.0 Å². The first kappa shape index (κ1) is 20.9. The Morgan fingerprint density at radius 1 is 1.06 bits per heavy atom. The molecular formula is C25H37N5O. The number of aromatic nitrogens is 3. The van der Waals surface area contributed by atoms with Crippen molar-refractivity contribution in [3.05, 3.63) is 28.7 Å². The summed E-state index contributed by atoms with van der Waals surface area (Å²) in [6, 6.07) is 3.76. The van der Waals surface area contributed by atoms with E-state index in [9.17, 15) is 4.79 Å². The largest absolute Gasteiger partial charge is 0.353 e. The van der Waals surface area contributed by atoms with Crippen LogP contribution in [0.2, 0.25) is 0 Å². The molecule has 6 nitrogen and oxygen atoms in total. The summed E-state index contributed by atoms with van der Waals surface area (Å²) in [7, 11) is 0. The Hall–Kier alpha value is -1.95. The molecule has 31 heavy (non-hydrogen) atoms. The van der Waals surface area contributed by atoms with E-state index in [1.807, 2.05) is 4.52 Å². The number of nitrogens with one attached hydrogen (secondary N) is 1. The van der Waals surface area contributed by atoms with E-state index >= 15 is 0 Å². The number of carbonyl (C=O) groups excluding carboxylic acids is 1.